The molecule has 1 N–H and O–H groups in total. The van der Waals surface area contributed by atoms with Gasteiger partial charge in [0.05, 0.1) is 7.11 Å². The topological polar surface area (TPSA) is 63.6 Å². The molecule has 4 aliphatic carbocycles. The Morgan fingerprint density at radius 1 is 1.19 bits per heavy atom. The summed E-state index contributed by atoms with van der Waals surface area (Å²) in [4.78, 5) is 25.1. The number of allylic oxidation sites excluding steroid dienone is 1. The second-order valence-electron chi connectivity index (χ2n) is 11.9. The van der Waals surface area contributed by atoms with Crippen LogP contribution in [0.3, 0.4) is 0 Å². The number of carbonyl (C=O) groups is 2. The van der Waals surface area contributed by atoms with E-state index < -0.39 is 17.4 Å². The molecule has 3 saturated carbocycles. The number of carbonyl (C=O) groups excluding carboxylic acids is 2. The Kier molecular flexibility index (Phi) is 6.17. The quantitative estimate of drug-likeness (QED) is 0.457. The fraction of sp³-hybridized carbons (Fsp3) is 0.852. The van der Waals surface area contributed by atoms with Crippen LogP contribution in [0.15, 0.2) is 11.6 Å². The van der Waals surface area contributed by atoms with Gasteiger partial charge in [-0.05, 0) is 84.5 Å². The van der Waals surface area contributed by atoms with E-state index in [1.807, 2.05) is 0 Å². The average Bonchev–Trinajstić information content (AvgIpc) is 3.22. The summed E-state index contributed by atoms with van der Waals surface area (Å²) >= 11 is 0. The van der Waals surface area contributed by atoms with E-state index in [2.05, 4.69) is 33.8 Å². The van der Waals surface area contributed by atoms with Crippen molar-refractivity contribution in [2.24, 2.45) is 46.8 Å². The largest absolute Gasteiger partial charge is 0.467 e. The van der Waals surface area contributed by atoms with E-state index in [9.17, 15) is 14.7 Å². The Morgan fingerprint density at radius 3 is 2.61 bits per heavy atom. The molecule has 4 nitrogen and oxygen atoms in total. The van der Waals surface area contributed by atoms with E-state index in [0.717, 1.165) is 30.6 Å². The third-order valence-corrected chi connectivity index (χ3v) is 9.90. The van der Waals surface area contributed by atoms with Crippen LogP contribution >= 0.6 is 0 Å². The number of esters is 1. The van der Waals surface area contributed by atoms with Gasteiger partial charge in [0, 0.05) is 6.42 Å². The summed E-state index contributed by atoms with van der Waals surface area (Å²) < 4.78 is 4.79. The Hall–Kier alpha value is -1.16. The number of Topliss-reactive ketones (excluding diaryl/α,β-unsaturated/α-hetero) is 1. The fourth-order valence-electron chi connectivity index (χ4n) is 8.34. The molecule has 4 rings (SSSR count). The molecule has 3 fully saturated rings. The number of fused-ring (bicyclic) bond motifs is 5. The molecule has 174 valence electrons. The van der Waals surface area contributed by atoms with Crippen LogP contribution in [0.2, 0.25) is 0 Å². The van der Waals surface area contributed by atoms with Crippen LogP contribution in [0.4, 0.5) is 0 Å². The van der Waals surface area contributed by atoms with Gasteiger partial charge in [0.15, 0.2) is 0 Å². The third kappa shape index (κ3) is 3.61. The van der Waals surface area contributed by atoms with E-state index in [4.69, 9.17) is 4.74 Å². The first kappa shape index (κ1) is 23.0. The summed E-state index contributed by atoms with van der Waals surface area (Å²) in [6, 6.07) is 0. The van der Waals surface area contributed by atoms with Crippen LogP contribution in [-0.4, -0.2) is 29.6 Å². The van der Waals surface area contributed by atoms with E-state index in [0.29, 0.717) is 28.7 Å². The highest BCUT2D eigenvalue weighted by Gasteiger charge is 2.62. The standard InChI is InChI=1S/C27H42O4/c1-16(2)7-6-8-17(3)22-11-12-23-19-9-10-20-21(18(19)13-14-26(22,23)4)15-27(30,24(20)28)25(29)31-5/h10,16-19,21-23,30H,6-9,11-15H2,1-5H3/t17-,18?,19?,21?,22-,23?,26-,27+/m1/s1. The van der Waals surface area contributed by atoms with E-state index in [-0.39, 0.29) is 12.3 Å². The Balaban J connectivity index is 1.50. The molecule has 0 bridgehead atoms. The summed E-state index contributed by atoms with van der Waals surface area (Å²) in [5, 5.41) is 10.9. The van der Waals surface area contributed by atoms with Gasteiger partial charge in [0.25, 0.3) is 0 Å². The smallest absolute Gasteiger partial charge is 0.346 e. The van der Waals surface area contributed by atoms with Gasteiger partial charge in [-0.3, -0.25) is 4.79 Å². The van der Waals surface area contributed by atoms with Crippen LogP contribution < -0.4 is 0 Å². The van der Waals surface area contributed by atoms with E-state index in [1.165, 1.54) is 45.6 Å². The fourth-order valence-corrected chi connectivity index (χ4v) is 8.34. The normalized spacial score (nSPS) is 42.6. The first-order chi connectivity index (χ1) is 14.6. The minimum Gasteiger partial charge on any atom is -0.467 e. The van der Waals surface area contributed by atoms with Crippen molar-refractivity contribution in [3.05, 3.63) is 11.6 Å². The zero-order valence-corrected chi connectivity index (χ0v) is 20.2. The number of aliphatic hydroxyl groups is 1. The molecule has 0 saturated heterocycles. The molecule has 31 heavy (non-hydrogen) atoms. The van der Waals surface area contributed by atoms with E-state index in [1.54, 1.807) is 0 Å². The van der Waals surface area contributed by atoms with Crippen molar-refractivity contribution in [2.75, 3.05) is 7.11 Å². The molecule has 0 spiro atoms. The molecule has 0 amide bonds. The number of methoxy groups -OCH3 is 1. The van der Waals surface area contributed by atoms with Gasteiger partial charge in [-0.15, -0.1) is 0 Å². The lowest BCUT2D eigenvalue weighted by Crippen LogP contribution is -2.46. The second kappa shape index (κ2) is 8.32. The molecule has 4 aliphatic rings. The second-order valence-corrected chi connectivity index (χ2v) is 11.9. The van der Waals surface area contributed by atoms with E-state index >= 15 is 0 Å². The van der Waals surface area contributed by atoms with Gasteiger partial charge in [0.1, 0.15) is 0 Å². The first-order valence-electron chi connectivity index (χ1n) is 12.7. The Morgan fingerprint density at radius 2 is 1.94 bits per heavy atom. The van der Waals surface area contributed by atoms with Crippen molar-refractivity contribution in [3.8, 4) is 0 Å². The SMILES string of the molecule is COC(=O)[C@]1(O)CC2C(=CCC3C2CC[C@@]2(C)C3CC[C@@H]2[C@H](C)CCCC(C)C)C1=O. The predicted molar refractivity (Wildman–Crippen MR) is 121 cm³/mol. The van der Waals surface area contributed by atoms with Gasteiger partial charge in [-0.25, -0.2) is 4.79 Å². The summed E-state index contributed by atoms with van der Waals surface area (Å²) in [5.41, 5.74) is -0.871. The van der Waals surface area contributed by atoms with Gasteiger partial charge < -0.3 is 9.84 Å². The van der Waals surface area contributed by atoms with Crippen molar-refractivity contribution in [1.82, 2.24) is 0 Å². The minimum atomic E-state index is -1.97. The monoisotopic (exact) mass is 430 g/mol. The molecule has 0 aromatic rings. The maximum absolute atomic E-state index is 12.9. The zero-order valence-electron chi connectivity index (χ0n) is 20.2. The van der Waals surface area contributed by atoms with Crippen molar-refractivity contribution in [2.45, 2.75) is 91.1 Å². The predicted octanol–water partition coefficient (Wildman–Crippen LogP) is 5.33. The molecule has 0 aromatic heterocycles. The lowest BCUT2D eigenvalue weighted by Gasteiger charge is -2.52. The van der Waals surface area contributed by atoms with Gasteiger partial charge in [-0.2, -0.15) is 0 Å². The number of hydrogen-bond acceptors (Lipinski definition) is 4. The Bertz CT molecular complexity index is 754. The number of ether oxygens (including phenoxy) is 1. The maximum Gasteiger partial charge on any atom is 0.346 e. The van der Waals surface area contributed by atoms with Gasteiger partial charge >= 0.3 is 5.97 Å². The molecular formula is C27H42O4. The van der Waals surface area contributed by atoms with Gasteiger partial charge in [0.2, 0.25) is 11.4 Å². The van der Waals surface area contributed by atoms with Crippen LogP contribution in [0.1, 0.15) is 85.5 Å². The van der Waals surface area contributed by atoms with Crippen molar-refractivity contribution in [1.29, 1.82) is 0 Å². The maximum atomic E-state index is 12.9. The summed E-state index contributed by atoms with van der Waals surface area (Å²) in [6.45, 7) is 9.67. The molecule has 4 unspecified atom stereocenters. The highest BCUT2D eigenvalue weighted by atomic mass is 16.5. The van der Waals surface area contributed by atoms with Crippen LogP contribution in [0, 0.1) is 46.8 Å². The van der Waals surface area contributed by atoms with Crippen LogP contribution in [0.5, 0.6) is 0 Å². The molecule has 4 heteroatoms. The third-order valence-electron chi connectivity index (χ3n) is 9.90. The number of rotatable bonds is 6. The summed E-state index contributed by atoms with van der Waals surface area (Å²) in [5.74, 6) is 2.87. The lowest BCUT2D eigenvalue weighted by atomic mass is 9.52. The molecule has 0 radical (unpaired) electrons. The minimum absolute atomic E-state index is 0.0161. The summed E-state index contributed by atoms with van der Waals surface area (Å²) in [6.07, 6.45) is 12.2. The lowest BCUT2D eigenvalue weighted by molar-refractivity contribution is -0.165. The highest BCUT2D eigenvalue weighted by Crippen LogP contribution is 2.65. The zero-order chi connectivity index (χ0) is 22.6. The Labute approximate surface area is 188 Å². The van der Waals surface area contributed by atoms with Crippen molar-refractivity contribution >= 4 is 11.8 Å². The highest BCUT2D eigenvalue weighted by molar-refractivity contribution is 6.17. The van der Waals surface area contributed by atoms with Gasteiger partial charge in [-0.1, -0.05) is 53.0 Å². The van der Waals surface area contributed by atoms with Crippen LogP contribution in [-0.2, 0) is 14.3 Å². The molecular weight excluding hydrogens is 388 g/mol. The van der Waals surface area contributed by atoms with Crippen LogP contribution in [0.25, 0.3) is 0 Å². The van der Waals surface area contributed by atoms with Crippen molar-refractivity contribution < 1.29 is 19.4 Å². The molecule has 0 heterocycles. The number of ketones is 1. The molecule has 8 atom stereocenters. The van der Waals surface area contributed by atoms with Crippen molar-refractivity contribution in [3.63, 3.8) is 0 Å². The summed E-state index contributed by atoms with van der Waals surface area (Å²) in [7, 11) is 1.25. The average molecular weight is 431 g/mol. The molecule has 0 aromatic carbocycles. The number of hydrogen-bond donors (Lipinski definition) is 1. The first-order valence-corrected chi connectivity index (χ1v) is 12.7. The molecule has 0 aliphatic heterocycles.